The second-order valence-corrected chi connectivity index (χ2v) is 2.37. The average Bonchev–Trinajstić information content (AvgIpc) is 2.36. The first-order chi connectivity index (χ1) is 5.24. The van der Waals surface area contributed by atoms with Crippen molar-refractivity contribution >= 4 is 0 Å². The van der Waals surface area contributed by atoms with Crippen LogP contribution in [-0.4, -0.2) is 21.4 Å². The third kappa shape index (κ3) is 2.01. The fourth-order valence-electron chi connectivity index (χ4n) is 0.842. The van der Waals surface area contributed by atoms with Crippen LogP contribution in [0.25, 0.3) is 0 Å². The van der Waals surface area contributed by atoms with Crippen molar-refractivity contribution in [1.82, 2.24) is 15.2 Å². The second-order valence-electron chi connectivity index (χ2n) is 2.37. The summed E-state index contributed by atoms with van der Waals surface area (Å²) in [5.74, 6) is 5.04. The third-order valence-corrected chi connectivity index (χ3v) is 1.42. The summed E-state index contributed by atoms with van der Waals surface area (Å²) in [5, 5.41) is 13.2. The van der Waals surface area contributed by atoms with E-state index in [4.69, 9.17) is 5.84 Å². The molecule has 11 heavy (non-hydrogen) atoms. The molecular weight excluding hydrogens is 144 g/mol. The highest BCUT2D eigenvalue weighted by atomic mass is 16.3. The SMILES string of the molecule is Cn1cc(C(O)CNN)cn1. The minimum absolute atomic E-state index is 0.339. The normalized spacial score (nSPS) is 13.4. The van der Waals surface area contributed by atoms with Crippen molar-refractivity contribution in [3.05, 3.63) is 18.0 Å². The largest absolute Gasteiger partial charge is 0.387 e. The van der Waals surface area contributed by atoms with Gasteiger partial charge in [-0.3, -0.25) is 16.0 Å². The van der Waals surface area contributed by atoms with Crippen LogP contribution >= 0.6 is 0 Å². The van der Waals surface area contributed by atoms with E-state index in [0.717, 1.165) is 5.56 Å². The van der Waals surface area contributed by atoms with E-state index in [1.165, 1.54) is 0 Å². The molecule has 62 valence electrons. The number of nitrogens with two attached hydrogens (primary N) is 1. The maximum Gasteiger partial charge on any atom is 0.0958 e. The van der Waals surface area contributed by atoms with Crippen molar-refractivity contribution in [2.75, 3.05) is 6.54 Å². The molecule has 0 saturated carbocycles. The highest BCUT2D eigenvalue weighted by Crippen LogP contribution is 2.08. The summed E-state index contributed by atoms with van der Waals surface area (Å²) in [6.07, 6.45) is 2.79. The van der Waals surface area contributed by atoms with Crippen LogP contribution in [0.4, 0.5) is 0 Å². The molecule has 1 atom stereocenters. The van der Waals surface area contributed by atoms with Gasteiger partial charge in [0.15, 0.2) is 0 Å². The zero-order chi connectivity index (χ0) is 8.27. The Morgan fingerprint density at radius 1 is 1.91 bits per heavy atom. The molecule has 0 aliphatic carbocycles. The average molecular weight is 156 g/mol. The van der Waals surface area contributed by atoms with Crippen molar-refractivity contribution in [3.8, 4) is 0 Å². The smallest absolute Gasteiger partial charge is 0.0958 e. The van der Waals surface area contributed by atoms with Gasteiger partial charge < -0.3 is 5.11 Å². The van der Waals surface area contributed by atoms with E-state index in [1.807, 2.05) is 0 Å². The number of aromatic nitrogens is 2. The summed E-state index contributed by atoms with van der Waals surface area (Å²) in [5.41, 5.74) is 3.16. The Balaban J connectivity index is 2.60. The van der Waals surface area contributed by atoms with Gasteiger partial charge in [0.2, 0.25) is 0 Å². The monoisotopic (exact) mass is 156 g/mol. The van der Waals surface area contributed by atoms with E-state index in [-0.39, 0.29) is 0 Å². The Hall–Kier alpha value is -0.910. The number of hydrazine groups is 1. The second kappa shape index (κ2) is 3.47. The predicted molar refractivity (Wildman–Crippen MR) is 40.4 cm³/mol. The number of rotatable bonds is 3. The number of aliphatic hydroxyl groups excluding tert-OH is 1. The first-order valence-corrected chi connectivity index (χ1v) is 3.34. The first-order valence-electron chi connectivity index (χ1n) is 3.34. The molecule has 0 fully saturated rings. The molecule has 0 amide bonds. The highest BCUT2D eigenvalue weighted by molar-refractivity contribution is 5.07. The molecular formula is C6H12N4O. The van der Waals surface area contributed by atoms with Crippen LogP contribution in [0.2, 0.25) is 0 Å². The molecule has 0 aliphatic heterocycles. The lowest BCUT2D eigenvalue weighted by molar-refractivity contribution is 0.175. The topological polar surface area (TPSA) is 76.1 Å². The highest BCUT2D eigenvalue weighted by Gasteiger charge is 2.07. The molecule has 1 aromatic heterocycles. The minimum atomic E-state index is -0.575. The summed E-state index contributed by atoms with van der Waals surface area (Å²) < 4.78 is 1.63. The Morgan fingerprint density at radius 3 is 3.09 bits per heavy atom. The van der Waals surface area contributed by atoms with Crippen molar-refractivity contribution in [2.24, 2.45) is 12.9 Å². The Morgan fingerprint density at radius 2 is 2.64 bits per heavy atom. The van der Waals surface area contributed by atoms with Crippen molar-refractivity contribution in [1.29, 1.82) is 0 Å². The molecule has 1 heterocycles. The van der Waals surface area contributed by atoms with Crippen LogP contribution in [0, 0.1) is 0 Å². The van der Waals surface area contributed by atoms with E-state index in [9.17, 15) is 5.11 Å². The quantitative estimate of drug-likeness (QED) is 0.384. The number of aliphatic hydroxyl groups is 1. The van der Waals surface area contributed by atoms with Gasteiger partial charge in [-0.1, -0.05) is 0 Å². The van der Waals surface area contributed by atoms with E-state index in [2.05, 4.69) is 10.5 Å². The van der Waals surface area contributed by atoms with Crippen molar-refractivity contribution in [2.45, 2.75) is 6.10 Å². The number of aryl methyl sites for hydroxylation is 1. The lowest BCUT2D eigenvalue weighted by Crippen LogP contribution is -2.27. The molecule has 0 radical (unpaired) electrons. The molecule has 0 saturated heterocycles. The summed E-state index contributed by atoms with van der Waals surface area (Å²) in [7, 11) is 1.80. The van der Waals surface area contributed by atoms with Crippen molar-refractivity contribution < 1.29 is 5.11 Å². The maximum absolute atomic E-state index is 9.34. The van der Waals surface area contributed by atoms with Crippen LogP contribution in [0.3, 0.4) is 0 Å². The van der Waals surface area contributed by atoms with Gasteiger partial charge in [-0.25, -0.2) is 0 Å². The van der Waals surface area contributed by atoms with Gasteiger partial charge in [0.05, 0.1) is 12.3 Å². The van der Waals surface area contributed by atoms with Gasteiger partial charge >= 0.3 is 0 Å². The number of hydrogen-bond donors (Lipinski definition) is 3. The zero-order valence-corrected chi connectivity index (χ0v) is 6.36. The number of nitrogens with one attached hydrogen (secondary N) is 1. The van der Waals surface area contributed by atoms with E-state index < -0.39 is 6.10 Å². The molecule has 0 spiro atoms. The van der Waals surface area contributed by atoms with Gasteiger partial charge in [-0.2, -0.15) is 5.10 Å². The van der Waals surface area contributed by atoms with Gasteiger partial charge in [-0.05, 0) is 0 Å². The molecule has 1 rings (SSSR count). The minimum Gasteiger partial charge on any atom is -0.387 e. The lowest BCUT2D eigenvalue weighted by Gasteiger charge is -2.05. The van der Waals surface area contributed by atoms with E-state index >= 15 is 0 Å². The summed E-state index contributed by atoms with van der Waals surface area (Å²) >= 11 is 0. The van der Waals surface area contributed by atoms with Crippen LogP contribution in [0.15, 0.2) is 12.4 Å². The Kier molecular flexibility index (Phi) is 2.58. The van der Waals surface area contributed by atoms with Crippen LogP contribution in [-0.2, 0) is 7.05 Å². The molecule has 0 bridgehead atoms. The van der Waals surface area contributed by atoms with Crippen LogP contribution in [0.5, 0.6) is 0 Å². The molecule has 1 aromatic rings. The standard InChI is InChI=1S/C6H12N4O/c1-10-4-5(2-9-10)6(11)3-8-7/h2,4,6,8,11H,3,7H2,1H3. The Bertz CT molecular complexity index is 222. The number of hydrogen-bond acceptors (Lipinski definition) is 4. The molecule has 5 nitrogen and oxygen atoms in total. The summed E-state index contributed by atoms with van der Waals surface area (Å²) in [6.45, 7) is 0.339. The Labute approximate surface area is 64.8 Å². The molecule has 4 N–H and O–H groups in total. The maximum atomic E-state index is 9.34. The molecule has 1 unspecified atom stereocenters. The van der Waals surface area contributed by atoms with Gasteiger partial charge in [-0.15, -0.1) is 0 Å². The zero-order valence-electron chi connectivity index (χ0n) is 6.36. The first kappa shape index (κ1) is 8.19. The van der Waals surface area contributed by atoms with E-state index in [0.29, 0.717) is 6.54 Å². The van der Waals surface area contributed by atoms with Crippen LogP contribution < -0.4 is 11.3 Å². The summed E-state index contributed by atoms with van der Waals surface area (Å²) in [6, 6.07) is 0. The van der Waals surface area contributed by atoms with Gasteiger partial charge in [0.1, 0.15) is 0 Å². The molecule has 0 aromatic carbocycles. The third-order valence-electron chi connectivity index (χ3n) is 1.42. The molecule has 0 aliphatic rings. The fourth-order valence-corrected chi connectivity index (χ4v) is 0.842. The predicted octanol–water partition coefficient (Wildman–Crippen LogP) is -1.08. The summed E-state index contributed by atoms with van der Waals surface area (Å²) in [4.78, 5) is 0. The van der Waals surface area contributed by atoms with Crippen molar-refractivity contribution in [3.63, 3.8) is 0 Å². The van der Waals surface area contributed by atoms with Crippen LogP contribution in [0.1, 0.15) is 11.7 Å². The lowest BCUT2D eigenvalue weighted by atomic mass is 10.2. The fraction of sp³-hybridized carbons (Fsp3) is 0.500. The van der Waals surface area contributed by atoms with Gasteiger partial charge in [0.25, 0.3) is 0 Å². The van der Waals surface area contributed by atoms with E-state index in [1.54, 1.807) is 24.1 Å². The van der Waals surface area contributed by atoms with Gasteiger partial charge in [0, 0.05) is 25.4 Å². The number of nitrogens with zero attached hydrogens (tertiary/aromatic N) is 2. The molecule has 5 heteroatoms.